The molecule has 144 valence electrons. The van der Waals surface area contributed by atoms with Crippen LogP contribution in [0.4, 0.5) is 0 Å². The van der Waals surface area contributed by atoms with Gasteiger partial charge in [0.25, 0.3) is 0 Å². The van der Waals surface area contributed by atoms with Crippen molar-refractivity contribution in [3.8, 4) is 0 Å². The van der Waals surface area contributed by atoms with Gasteiger partial charge in [-0.2, -0.15) is 0 Å². The maximum Gasteiger partial charge on any atom is 0.0964 e. The van der Waals surface area contributed by atoms with Crippen LogP contribution in [0.1, 0.15) is 71.0 Å². The van der Waals surface area contributed by atoms with Crippen molar-refractivity contribution in [1.29, 1.82) is 0 Å². The van der Waals surface area contributed by atoms with Gasteiger partial charge in [0.05, 0.1) is 23.5 Å². The second kappa shape index (κ2) is 9.64. The topological polar surface area (TPSA) is 66.2 Å². The number of rotatable bonds is 10. The fraction of sp³-hybridized carbons (Fsp3) is 0.895. The van der Waals surface area contributed by atoms with Crippen molar-refractivity contribution >= 4 is 0 Å². The zero-order valence-corrected chi connectivity index (χ0v) is 16.5. The second-order valence-electron chi connectivity index (χ2n) is 8.39. The molecular formula is C19H37N5O. The first kappa shape index (κ1) is 20.3. The molecule has 0 amide bonds. The predicted molar refractivity (Wildman–Crippen MR) is 101 cm³/mol. The highest BCUT2D eigenvalue weighted by molar-refractivity contribution is 4.93. The first-order valence-corrected chi connectivity index (χ1v) is 9.87. The number of nitrogens with zero attached hydrogens (tertiary/aromatic N) is 4. The number of likely N-dealkylation sites (tertiary alicyclic amines) is 1. The number of hydrogen-bond acceptors (Lipinski definition) is 5. The molecule has 2 rings (SSSR count). The van der Waals surface area contributed by atoms with E-state index in [0.29, 0.717) is 6.04 Å². The highest BCUT2D eigenvalue weighted by Crippen LogP contribution is 2.23. The zero-order valence-electron chi connectivity index (χ0n) is 16.5. The standard InChI is InChI=1S/C19H37N5O/c1-16(6-5-10-19(2,3)25)7-11-23-12-8-18(9-13-23)24-15-17(14-20-4)21-22-24/h15-16,18,20,25H,5-14H2,1-4H3. The maximum absolute atomic E-state index is 9.79. The summed E-state index contributed by atoms with van der Waals surface area (Å²) >= 11 is 0. The Labute approximate surface area is 153 Å². The van der Waals surface area contributed by atoms with Crippen LogP contribution in [-0.4, -0.2) is 57.3 Å². The summed E-state index contributed by atoms with van der Waals surface area (Å²) in [7, 11) is 1.93. The van der Waals surface area contributed by atoms with Crippen LogP contribution in [-0.2, 0) is 6.54 Å². The third-order valence-corrected chi connectivity index (χ3v) is 5.27. The first-order valence-electron chi connectivity index (χ1n) is 9.87. The van der Waals surface area contributed by atoms with E-state index in [2.05, 4.69) is 38.3 Å². The molecule has 1 fully saturated rings. The third kappa shape index (κ3) is 7.42. The molecule has 2 N–H and O–H groups in total. The van der Waals surface area contributed by atoms with Gasteiger partial charge in [-0.3, -0.25) is 0 Å². The maximum atomic E-state index is 9.79. The summed E-state index contributed by atoms with van der Waals surface area (Å²) in [6, 6.07) is 0.499. The highest BCUT2D eigenvalue weighted by atomic mass is 16.3. The van der Waals surface area contributed by atoms with E-state index in [1.807, 2.05) is 20.9 Å². The van der Waals surface area contributed by atoms with Crippen molar-refractivity contribution in [2.75, 3.05) is 26.7 Å². The van der Waals surface area contributed by atoms with Gasteiger partial charge in [0.15, 0.2) is 0 Å². The zero-order chi connectivity index (χ0) is 18.3. The molecule has 25 heavy (non-hydrogen) atoms. The van der Waals surface area contributed by atoms with Gasteiger partial charge in [0, 0.05) is 19.6 Å². The van der Waals surface area contributed by atoms with E-state index in [9.17, 15) is 5.11 Å². The van der Waals surface area contributed by atoms with Crippen molar-refractivity contribution in [3.05, 3.63) is 11.9 Å². The van der Waals surface area contributed by atoms with Gasteiger partial charge in [-0.05, 0) is 59.0 Å². The van der Waals surface area contributed by atoms with Gasteiger partial charge in [0.1, 0.15) is 0 Å². The molecule has 1 aliphatic heterocycles. The molecule has 0 radical (unpaired) electrons. The van der Waals surface area contributed by atoms with E-state index < -0.39 is 5.60 Å². The number of piperidine rings is 1. The Kier molecular flexibility index (Phi) is 7.84. The van der Waals surface area contributed by atoms with Crippen LogP contribution in [0, 0.1) is 5.92 Å². The molecule has 1 saturated heterocycles. The molecule has 0 aliphatic carbocycles. The van der Waals surface area contributed by atoms with Crippen molar-refractivity contribution < 1.29 is 5.11 Å². The first-order chi connectivity index (χ1) is 11.9. The van der Waals surface area contributed by atoms with Gasteiger partial charge < -0.3 is 15.3 Å². The van der Waals surface area contributed by atoms with Gasteiger partial charge >= 0.3 is 0 Å². The molecule has 1 aliphatic rings. The van der Waals surface area contributed by atoms with Gasteiger partial charge in [-0.25, -0.2) is 4.68 Å². The summed E-state index contributed by atoms with van der Waals surface area (Å²) in [6.45, 7) is 10.4. The van der Waals surface area contributed by atoms with Crippen LogP contribution in [0.3, 0.4) is 0 Å². The molecule has 0 aromatic carbocycles. The average Bonchev–Trinajstić information content (AvgIpc) is 3.01. The molecule has 1 aromatic rings. The Morgan fingerprint density at radius 1 is 1.32 bits per heavy atom. The molecule has 2 heterocycles. The Balaban J connectivity index is 1.63. The largest absolute Gasteiger partial charge is 0.390 e. The molecule has 0 saturated carbocycles. The van der Waals surface area contributed by atoms with Crippen LogP contribution >= 0.6 is 0 Å². The van der Waals surface area contributed by atoms with Crippen LogP contribution in [0.25, 0.3) is 0 Å². The Hall–Kier alpha value is -0.980. The fourth-order valence-corrected chi connectivity index (χ4v) is 3.59. The van der Waals surface area contributed by atoms with E-state index >= 15 is 0 Å². The molecule has 1 atom stereocenters. The van der Waals surface area contributed by atoms with Crippen molar-refractivity contribution in [2.24, 2.45) is 5.92 Å². The smallest absolute Gasteiger partial charge is 0.0964 e. The summed E-state index contributed by atoms with van der Waals surface area (Å²) in [5, 5.41) is 21.4. The third-order valence-electron chi connectivity index (χ3n) is 5.27. The van der Waals surface area contributed by atoms with Gasteiger partial charge in [-0.15, -0.1) is 5.10 Å². The predicted octanol–water partition coefficient (Wildman–Crippen LogP) is 2.60. The summed E-state index contributed by atoms with van der Waals surface area (Å²) < 4.78 is 2.06. The van der Waals surface area contributed by atoms with E-state index in [1.165, 1.54) is 19.4 Å². The average molecular weight is 352 g/mol. The highest BCUT2D eigenvalue weighted by Gasteiger charge is 2.22. The lowest BCUT2D eigenvalue weighted by Crippen LogP contribution is -2.36. The number of aromatic nitrogens is 3. The Morgan fingerprint density at radius 2 is 2.04 bits per heavy atom. The van der Waals surface area contributed by atoms with Crippen LogP contribution < -0.4 is 5.32 Å². The molecular weight excluding hydrogens is 314 g/mol. The van der Waals surface area contributed by atoms with E-state index in [-0.39, 0.29) is 0 Å². The molecule has 6 nitrogen and oxygen atoms in total. The number of aliphatic hydroxyl groups is 1. The SMILES string of the molecule is CNCc1cn(C2CCN(CCC(C)CCCC(C)(C)O)CC2)nn1. The van der Waals surface area contributed by atoms with Crippen LogP contribution in [0.2, 0.25) is 0 Å². The summed E-state index contributed by atoms with van der Waals surface area (Å²) in [6.07, 6.45) is 8.90. The monoisotopic (exact) mass is 351 g/mol. The van der Waals surface area contributed by atoms with Crippen molar-refractivity contribution in [2.45, 2.75) is 77.5 Å². The lowest BCUT2D eigenvalue weighted by Gasteiger charge is -2.32. The normalized spacial score (nSPS) is 18.6. The van der Waals surface area contributed by atoms with Gasteiger partial charge in [0.2, 0.25) is 0 Å². The van der Waals surface area contributed by atoms with Crippen molar-refractivity contribution in [1.82, 2.24) is 25.2 Å². The molecule has 6 heteroatoms. The molecule has 1 aromatic heterocycles. The number of hydrogen-bond donors (Lipinski definition) is 2. The Bertz CT molecular complexity index is 488. The van der Waals surface area contributed by atoms with Crippen LogP contribution in [0.15, 0.2) is 6.20 Å². The molecule has 0 spiro atoms. The minimum Gasteiger partial charge on any atom is -0.390 e. The number of nitrogens with one attached hydrogen (secondary N) is 1. The molecule has 1 unspecified atom stereocenters. The minimum atomic E-state index is -0.518. The summed E-state index contributed by atoms with van der Waals surface area (Å²) in [5.74, 6) is 0.736. The molecule has 0 bridgehead atoms. The second-order valence-corrected chi connectivity index (χ2v) is 8.39. The van der Waals surface area contributed by atoms with Gasteiger partial charge in [-0.1, -0.05) is 25.0 Å². The fourth-order valence-electron chi connectivity index (χ4n) is 3.59. The Morgan fingerprint density at radius 3 is 2.68 bits per heavy atom. The van der Waals surface area contributed by atoms with Crippen LogP contribution in [0.5, 0.6) is 0 Å². The summed E-state index contributed by atoms with van der Waals surface area (Å²) in [5.41, 5.74) is 0.501. The minimum absolute atomic E-state index is 0.499. The quantitative estimate of drug-likeness (QED) is 0.678. The summed E-state index contributed by atoms with van der Waals surface area (Å²) in [4.78, 5) is 2.59. The lowest BCUT2D eigenvalue weighted by molar-refractivity contribution is 0.0666. The van der Waals surface area contributed by atoms with Crippen molar-refractivity contribution in [3.63, 3.8) is 0 Å². The van der Waals surface area contributed by atoms with E-state index in [4.69, 9.17) is 0 Å². The van der Waals surface area contributed by atoms with E-state index in [0.717, 1.165) is 56.9 Å². The lowest BCUT2D eigenvalue weighted by atomic mass is 9.95. The van der Waals surface area contributed by atoms with E-state index in [1.54, 1.807) is 0 Å².